The standard InChI is InChI=1S/C19H19N3O3/c1-12-14(7-8-18(23)24)11-20-16(12)10-15-17(21-22-19(15)25)9-13-5-3-2-4-6-13/h2-6,10-11,20H,7-9H2,1H3,(H,22,25)(H,23,24). The summed E-state index contributed by atoms with van der Waals surface area (Å²) in [5.41, 5.74) is 7.50. The normalized spacial score (nSPS) is 15.3. The first-order valence-electron chi connectivity index (χ1n) is 8.06. The number of carbonyl (C=O) groups excluding carboxylic acids is 1. The minimum Gasteiger partial charge on any atom is -0.481 e. The molecule has 0 radical (unpaired) electrons. The largest absolute Gasteiger partial charge is 0.481 e. The SMILES string of the molecule is Cc1c(CCC(=O)O)c[nH]c1C=C1C(=O)NN=C1Cc1ccccc1. The van der Waals surface area contributed by atoms with E-state index in [0.29, 0.717) is 24.1 Å². The molecule has 1 aromatic carbocycles. The van der Waals surface area contributed by atoms with E-state index in [0.717, 1.165) is 22.4 Å². The van der Waals surface area contributed by atoms with E-state index in [2.05, 4.69) is 15.5 Å². The van der Waals surface area contributed by atoms with Gasteiger partial charge in [0, 0.05) is 24.7 Å². The Morgan fingerprint density at radius 2 is 2.04 bits per heavy atom. The van der Waals surface area contributed by atoms with Gasteiger partial charge in [-0.1, -0.05) is 30.3 Å². The van der Waals surface area contributed by atoms with E-state index in [4.69, 9.17) is 5.11 Å². The molecule has 128 valence electrons. The minimum absolute atomic E-state index is 0.0793. The average molecular weight is 337 g/mol. The topological polar surface area (TPSA) is 94.5 Å². The number of hydrazone groups is 1. The molecule has 0 bridgehead atoms. The second kappa shape index (κ2) is 7.17. The van der Waals surface area contributed by atoms with Crippen molar-refractivity contribution in [1.29, 1.82) is 0 Å². The number of aromatic amines is 1. The molecule has 25 heavy (non-hydrogen) atoms. The molecule has 6 nitrogen and oxygen atoms in total. The Morgan fingerprint density at radius 1 is 1.28 bits per heavy atom. The van der Waals surface area contributed by atoms with E-state index in [-0.39, 0.29) is 12.3 Å². The number of hydrogen-bond acceptors (Lipinski definition) is 3. The van der Waals surface area contributed by atoms with Crippen LogP contribution in [0.4, 0.5) is 0 Å². The summed E-state index contributed by atoms with van der Waals surface area (Å²) in [6.45, 7) is 1.92. The molecule has 1 aliphatic rings. The van der Waals surface area contributed by atoms with Gasteiger partial charge in [-0.25, -0.2) is 5.43 Å². The lowest BCUT2D eigenvalue weighted by molar-refractivity contribution is -0.137. The van der Waals surface area contributed by atoms with Crippen molar-refractivity contribution < 1.29 is 14.7 Å². The van der Waals surface area contributed by atoms with Gasteiger partial charge in [0.1, 0.15) is 0 Å². The number of rotatable bonds is 6. The maximum Gasteiger partial charge on any atom is 0.303 e. The van der Waals surface area contributed by atoms with Crippen LogP contribution >= 0.6 is 0 Å². The van der Waals surface area contributed by atoms with Crippen molar-refractivity contribution >= 4 is 23.7 Å². The van der Waals surface area contributed by atoms with Gasteiger partial charge in [-0.2, -0.15) is 5.10 Å². The molecule has 0 fully saturated rings. The minimum atomic E-state index is -0.826. The summed E-state index contributed by atoms with van der Waals surface area (Å²) in [6.07, 6.45) is 4.68. The van der Waals surface area contributed by atoms with Crippen LogP contribution in [-0.4, -0.2) is 27.7 Å². The fourth-order valence-corrected chi connectivity index (χ4v) is 2.79. The van der Waals surface area contributed by atoms with E-state index in [1.165, 1.54) is 0 Å². The zero-order valence-corrected chi connectivity index (χ0v) is 13.9. The number of carbonyl (C=O) groups is 2. The van der Waals surface area contributed by atoms with Crippen molar-refractivity contribution in [2.24, 2.45) is 5.10 Å². The average Bonchev–Trinajstić information content (AvgIpc) is 3.12. The first-order chi connectivity index (χ1) is 12.0. The Hall–Kier alpha value is -3.15. The van der Waals surface area contributed by atoms with Crippen LogP contribution in [0.25, 0.3) is 6.08 Å². The van der Waals surface area contributed by atoms with E-state index < -0.39 is 5.97 Å². The number of hydrogen-bond donors (Lipinski definition) is 3. The summed E-state index contributed by atoms with van der Waals surface area (Å²) < 4.78 is 0. The summed E-state index contributed by atoms with van der Waals surface area (Å²) >= 11 is 0. The number of carboxylic acids is 1. The summed E-state index contributed by atoms with van der Waals surface area (Å²) in [5, 5.41) is 13.0. The highest BCUT2D eigenvalue weighted by atomic mass is 16.4. The van der Waals surface area contributed by atoms with Crippen molar-refractivity contribution in [2.45, 2.75) is 26.2 Å². The Morgan fingerprint density at radius 3 is 2.76 bits per heavy atom. The van der Waals surface area contributed by atoms with Gasteiger partial charge in [0.05, 0.1) is 11.3 Å². The summed E-state index contributed by atoms with van der Waals surface area (Å²) in [5.74, 6) is -1.06. The Bertz CT molecular complexity index is 863. The highest BCUT2D eigenvalue weighted by molar-refractivity contribution is 6.27. The molecule has 0 aliphatic carbocycles. The van der Waals surface area contributed by atoms with Gasteiger partial charge >= 0.3 is 5.97 Å². The number of aliphatic carboxylic acids is 1. The lowest BCUT2D eigenvalue weighted by Gasteiger charge is -2.03. The van der Waals surface area contributed by atoms with E-state index in [1.54, 1.807) is 12.3 Å². The van der Waals surface area contributed by atoms with Crippen molar-refractivity contribution in [3.63, 3.8) is 0 Å². The van der Waals surface area contributed by atoms with Crippen molar-refractivity contribution in [1.82, 2.24) is 10.4 Å². The molecule has 6 heteroatoms. The Balaban J connectivity index is 1.82. The van der Waals surface area contributed by atoms with Crippen LogP contribution < -0.4 is 5.43 Å². The predicted molar refractivity (Wildman–Crippen MR) is 95.2 cm³/mol. The third-order valence-electron chi connectivity index (χ3n) is 4.25. The fraction of sp³-hybridized carbons (Fsp3) is 0.211. The molecule has 1 amide bonds. The number of benzene rings is 1. The Labute approximate surface area is 145 Å². The fourth-order valence-electron chi connectivity index (χ4n) is 2.79. The summed E-state index contributed by atoms with van der Waals surface area (Å²) in [7, 11) is 0. The van der Waals surface area contributed by atoms with Crippen molar-refractivity contribution in [3.8, 4) is 0 Å². The predicted octanol–water partition coefficient (Wildman–Crippen LogP) is 2.45. The van der Waals surface area contributed by atoms with Gasteiger partial charge in [0.2, 0.25) is 0 Å². The van der Waals surface area contributed by atoms with E-state index in [1.807, 2.05) is 37.3 Å². The molecule has 2 heterocycles. The van der Waals surface area contributed by atoms with Gasteiger partial charge in [-0.15, -0.1) is 0 Å². The lowest BCUT2D eigenvalue weighted by atomic mass is 10.0. The second-order valence-corrected chi connectivity index (χ2v) is 5.97. The second-order valence-electron chi connectivity index (χ2n) is 5.97. The molecule has 1 aromatic heterocycles. The van der Waals surface area contributed by atoms with Gasteiger partial charge in [-0.05, 0) is 36.1 Å². The number of amides is 1. The van der Waals surface area contributed by atoms with Crippen LogP contribution in [0.1, 0.15) is 28.8 Å². The van der Waals surface area contributed by atoms with Crippen LogP contribution in [0.2, 0.25) is 0 Å². The van der Waals surface area contributed by atoms with Gasteiger partial charge < -0.3 is 10.1 Å². The number of H-pyrrole nitrogens is 1. The monoisotopic (exact) mass is 337 g/mol. The molecular formula is C19H19N3O3. The number of nitrogens with zero attached hydrogens (tertiary/aromatic N) is 1. The number of carboxylic acid groups (broad SMARTS) is 1. The molecule has 3 rings (SSSR count). The van der Waals surface area contributed by atoms with Crippen LogP contribution in [0.15, 0.2) is 47.2 Å². The van der Waals surface area contributed by atoms with Crippen LogP contribution in [-0.2, 0) is 22.4 Å². The molecule has 0 spiro atoms. The first kappa shape index (κ1) is 16.7. The molecule has 1 aliphatic heterocycles. The van der Waals surface area contributed by atoms with Crippen molar-refractivity contribution in [2.75, 3.05) is 0 Å². The van der Waals surface area contributed by atoms with Gasteiger partial charge in [-0.3, -0.25) is 9.59 Å². The molecule has 0 saturated carbocycles. The van der Waals surface area contributed by atoms with Crippen molar-refractivity contribution in [3.05, 3.63) is 64.5 Å². The molecule has 3 N–H and O–H groups in total. The van der Waals surface area contributed by atoms with E-state index in [9.17, 15) is 9.59 Å². The first-order valence-corrected chi connectivity index (χ1v) is 8.06. The smallest absolute Gasteiger partial charge is 0.303 e. The summed E-state index contributed by atoms with van der Waals surface area (Å²) in [4.78, 5) is 26.0. The number of nitrogens with one attached hydrogen (secondary N) is 2. The summed E-state index contributed by atoms with van der Waals surface area (Å²) in [6, 6.07) is 9.83. The molecule has 2 aromatic rings. The maximum absolute atomic E-state index is 12.1. The highest BCUT2D eigenvalue weighted by Crippen LogP contribution is 2.20. The van der Waals surface area contributed by atoms with Gasteiger partial charge in [0.25, 0.3) is 5.91 Å². The lowest BCUT2D eigenvalue weighted by Crippen LogP contribution is -2.14. The maximum atomic E-state index is 12.1. The number of aryl methyl sites for hydroxylation is 1. The third-order valence-corrected chi connectivity index (χ3v) is 4.25. The van der Waals surface area contributed by atoms with Crippen LogP contribution in [0.3, 0.4) is 0 Å². The third kappa shape index (κ3) is 3.85. The van der Waals surface area contributed by atoms with Crippen LogP contribution in [0, 0.1) is 6.92 Å². The van der Waals surface area contributed by atoms with Crippen LogP contribution in [0.5, 0.6) is 0 Å². The molecule has 0 atom stereocenters. The quantitative estimate of drug-likeness (QED) is 0.707. The van der Waals surface area contributed by atoms with Gasteiger partial charge in [0.15, 0.2) is 0 Å². The Kier molecular flexibility index (Phi) is 4.79. The zero-order chi connectivity index (χ0) is 17.8. The van der Waals surface area contributed by atoms with E-state index >= 15 is 0 Å². The molecule has 0 saturated heterocycles. The zero-order valence-electron chi connectivity index (χ0n) is 13.9. The molecule has 0 unspecified atom stereocenters. The highest BCUT2D eigenvalue weighted by Gasteiger charge is 2.23. The number of aromatic nitrogens is 1. The molecular weight excluding hydrogens is 318 g/mol.